The lowest BCUT2D eigenvalue weighted by Gasteiger charge is -2.34. The van der Waals surface area contributed by atoms with Gasteiger partial charge in [0.25, 0.3) is 0 Å². The largest absolute Gasteiger partial charge is 0.346 e. The summed E-state index contributed by atoms with van der Waals surface area (Å²) in [6.45, 7) is 2.57. The Balaban J connectivity index is 2.09. The van der Waals surface area contributed by atoms with Crippen molar-refractivity contribution in [3.05, 3.63) is 60.7 Å². The van der Waals surface area contributed by atoms with Crippen LogP contribution in [0.1, 0.15) is 13.3 Å². The zero-order chi connectivity index (χ0) is 14.7. The van der Waals surface area contributed by atoms with Crippen molar-refractivity contribution in [1.82, 2.24) is 0 Å². The lowest BCUT2D eigenvalue weighted by atomic mass is 10.3. The predicted molar refractivity (Wildman–Crippen MR) is 84.7 cm³/mol. The molecule has 1 aliphatic heterocycles. The van der Waals surface area contributed by atoms with Crippen LogP contribution in [0.25, 0.3) is 0 Å². The molecule has 0 unspecified atom stereocenters. The van der Waals surface area contributed by atoms with E-state index in [-0.39, 0.29) is 6.10 Å². The van der Waals surface area contributed by atoms with E-state index in [1.54, 1.807) is 0 Å². The van der Waals surface area contributed by atoms with Crippen molar-refractivity contribution in [1.29, 1.82) is 0 Å². The van der Waals surface area contributed by atoms with Gasteiger partial charge in [-0.2, -0.15) is 0 Å². The first-order valence-corrected chi connectivity index (χ1v) is 8.97. The summed E-state index contributed by atoms with van der Waals surface area (Å²) in [5, 5.41) is 1.55. The number of rotatable bonds is 3. The second kappa shape index (κ2) is 6.15. The maximum atomic E-state index is 13.9. The van der Waals surface area contributed by atoms with Crippen molar-refractivity contribution >= 4 is 17.8 Å². The van der Waals surface area contributed by atoms with Crippen LogP contribution in [0.15, 0.2) is 60.7 Å². The molecule has 0 radical (unpaired) electrons. The second-order valence-corrected chi connectivity index (χ2v) is 8.01. The molecule has 4 heteroatoms. The molecule has 0 aliphatic carbocycles. The van der Waals surface area contributed by atoms with Gasteiger partial charge in [0.2, 0.25) is 6.03 Å². The monoisotopic (exact) mass is 302 g/mol. The maximum Gasteiger partial charge on any atom is 0.219 e. The van der Waals surface area contributed by atoms with Crippen LogP contribution in [0, 0.1) is 0 Å². The van der Waals surface area contributed by atoms with Crippen LogP contribution in [0.4, 0.5) is 0 Å². The smallest absolute Gasteiger partial charge is 0.219 e. The number of ether oxygens (including phenoxy) is 2. The van der Waals surface area contributed by atoms with E-state index in [9.17, 15) is 4.57 Å². The molecular formula is C17H19O3P. The van der Waals surface area contributed by atoms with Crippen molar-refractivity contribution < 1.29 is 14.0 Å². The van der Waals surface area contributed by atoms with Crippen LogP contribution in [0.2, 0.25) is 0 Å². The molecule has 3 rings (SSSR count). The second-order valence-electron chi connectivity index (χ2n) is 5.24. The fraction of sp³-hybridized carbons (Fsp3) is 0.294. The Morgan fingerprint density at radius 1 is 0.952 bits per heavy atom. The van der Waals surface area contributed by atoms with E-state index in [1.165, 1.54) is 0 Å². The highest BCUT2D eigenvalue weighted by Gasteiger charge is 2.41. The first kappa shape index (κ1) is 14.5. The van der Waals surface area contributed by atoms with Gasteiger partial charge in [-0.3, -0.25) is 0 Å². The highest BCUT2D eigenvalue weighted by atomic mass is 31.2. The Bertz CT molecular complexity index is 583. The minimum absolute atomic E-state index is 0.0597. The molecule has 21 heavy (non-hydrogen) atoms. The minimum Gasteiger partial charge on any atom is -0.346 e. The molecule has 0 spiro atoms. The SMILES string of the molecule is C[C@H]1CCO[C@@H](P(=O)(c2ccccc2)c2ccccc2)O1. The van der Waals surface area contributed by atoms with Gasteiger partial charge in [0, 0.05) is 10.6 Å². The topological polar surface area (TPSA) is 35.5 Å². The third-order valence-corrected chi connectivity index (χ3v) is 6.71. The lowest BCUT2D eigenvalue weighted by Crippen LogP contribution is -2.36. The number of hydrogen-bond donors (Lipinski definition) is 0. The fourth-order valence-corrected chi connectivity index (χ4v) is 5.23. The van der Waals surface area contributed by atoms with E-state index in [4.69, 9.17) is 9.47 Å². The van der Waals surface area contributed by atoms with Gasteiger partial charge in [0.15, 0.2) is 7.14 Å². The molecule has 0 bridgehead atoms. The van der Waals surface area contributed by atoms with Crippen LogP contribution < -0.4 is 10.6 Å². The highest BCUT2D eigenvalue weighted by Crippen LogP contribution is 2.51. The Labute approximate surface area is 125 Å². The van der Waals surface area contributed by atoms with Crippen molar-refractivity contribution in [3.63, 3.8) is 0 Å². The molecule has 3 nitrogen and oxygen atoms in total. The van der Waals surface area contributed by atoms with Crippen LogP contribution in [-0.4, -0.2) is 18.7 Å². The van der Waals surface area contributed by atoms with Gasteiger partial charge in [-0.25, -0.2) is 0 Å². The minimum atomic E-state index is -2.98. The van der Waals surface area contributed by atoms with Gasteiger partial charge in [-0.05, 0) is 13.3 Å². The molecule has 0 saturated carbocycles. The molecule has 2 aromatic rings. The van der Waals surface area contributed by atoms with E-state index in [0.717, 1.165) is 17.0 Å². The van der Waals surface area contributed by atoms with Crippen molar-refractivity contribution in [3.8, 4) is 0 Å². The average Bonchev–Trinajstić information content (AvgIpc) is 2.56. The molecule has 1 heterocycles. The summed E-state index contributed by atoms with van der Waals surface area (Å²) in [4.78, 5) is 0. The Morgan fingerprint density at radius 3 is 1.95 bits per heavy atom. The van der Waals surface area contributed by atoms with E-state index in [2.05, 4.69) is 0 Å². The van der Waals surface area contributed by atoms with Crippen molar-refractivity contribution in [2.24, 2.45) is 0 Å². The van der Waals surface area contributed by atoms with Gasteiger partial charge in [0.05, 0.1) is 12.7 Å². The molecular weight excluding hydrogens is 283 g/mol. The summed E-state index contributed by atoms with van der Waals surface area (Å²) in [5.41, 5.74) is 0. The molecule has 0 amide bonds. The first-order valence-electron chi connectivity index (χ1n) is 7.19. The number of hydrogen-bond acceptors (Lipinski definition) is 3. The number of benzene rings is 2. The maximum absolute atomic E-state index is 13.9. The Hall–Kier alpha value is -1.41. The zero-order valence-corrected chi connectivity index (χ0v) is 12.9. The summed E-state index contributed by atoms with van der Waals surface area (Å²) in [6.07, 6.45) is 0.893. The molecule has 1 aliphatic rings. The molecule has 2 atom stereocenters. The molecule has 110 valence electrons. The Morgan fingerprint density at radius 2 is 1.48 bits per heavy atom. The molecule has 2 aromatic carbocycles. The average molecular weight is 302 g/mol. The summed E-state index contributed by atoms with van der Waals surface area (Å²) >= 11 is 0. The van der Waals surface area contributed by atoms with Crippen molar-refractivity contribution in [2.45, 2.75) is 25.5 Å². The molecule has 0 N–H and O–H groups in total. The molecule has 1 fully saturated rings. The standard InChI is InChI=1S/C17H19O3P/c1-14-12-13-19-17(20-14)21(18,15-8-4-2-5-9-15)16-10-6-3-7-11-16/h2-11,14,17H,12-13H2,1H3/t14-,17+/m0/s1. The summed E-state index contributed by atoms with van der Waals surface area (Å²) in [5.74, 6) is 0. The van der Waals surface area contributed by atoms with E-state index < -0.39 is 13.2 Å². The summed E-state index contributed by atoms with van der Waals surface area (Å²) in [7, 11) is -2.98. The summed E-state index contributed by atoms with van der Waals surface area (Å²) < 4.78 is 25.5. The van der Waals surface area contributed by atoms with Gasteiger partial charge in [-0.1, -0.05) is 60.7 Å². The van der Waals surface area contributed by atoms with E-state index in [0.29, 0.717) is 6.61 Å². The van der Waals surface area contributed by atoms with Gasteiger partial charge >= 0.3 is 0 Å². The normalized spacial score (nSPS) is 22.9. The van der Waals surface area contributed by atoms with Crippen LogP contribution >= 0.6 is 7.14 Å². The van der Waals surface area contributed by atoms with Crippen LogP contribution in [0.3, 0.4) is 0 Å². The van der Waals surface area contributed by atoms with Crippen molar-refractivity contribution in [2.75, 3.05) is 6.61 Å². The van der Waals surface area contributed by atoms with Crippen LogP contribution in [-0.2, 0) is 14.0 Å². The third-order valence-electron chi connectivity index (χ3n) is 3.71. The van der Waals surface area contributed by atoms with E-state index >= 15 is 0 Å². The van der Waals surface area contributed by atoms with Gasteiger partial charge in [-0.15, -0.1) is 0 Å². The zero-order valence-electron chi connectivity index (χ0n) is 12.0. The molecule has 0 aromatic heterocycles. The lowest BCUT2D eigenvalue weighted by molar-refractivity contribution is -0.161. The first-order chi connectivity index (χ1) is 10.2. The van der Waals surface area contributed by atoms with E-state index in [1.807, 2.05) is 67.6 Å². The van der Waals surface area contributed by atoms with Gasteiger partial charge in [0.1, 0.15) is 0 Å². The highest BCUT2D eigenvalue weighted by molar-refractivity contribution is 7.79. The van der Waals surface area contributed by atoms with Gasteiger partial charge < -0.3 is 14.0 Å². The quantitative estimate of drug-likeness (QED) is 0.817. The fourth-order valence-electron chi connectivity index (χ4n) is 2.52. The Kier molecular flexibility index (Phi) is 4.25. The predicted octanol–water partition coefficient (Wildman–Crippen LogP) is 3.11. The summed E-state index contributed by atoms with van der Waals surface area (Å²) in [6, 6.07) is 18.3. The third kappa shape index (κ3) is 2.82. The molecule has 1 saturated heterocycles. The van der Waals surface area contributed by atoms with Crippen LogP contribution in [0.5, 0.6) is 0 Å².